The van der Waals surface area contributed by atoms with Gasteiger partial charge in [0.15, 0.2) is 0 Å². The molecule has 0 radical (unpaired) electrons. The second kappa shape index (κ2) is 12.5. The molecule has 13 heteroatoms. The van der Waals surface area contributed by atoms with Gasteiger partial charge < -0.3 is 26.2 Å². The van der Waals surface area contributed by atoms with Gasteiger partial charge in [-0.25, -0.2) is 18.4 Å². The van der Waals surface area contributed by atoms with Crippen LogP contribution >= 0.6 is 17.0 Å². The molecule has 0 unspecified atom stereocenters. The molecular weight excluding hydrogens is 586 g/mol. The number of aromatic carboxylic acids is 2. The van der Waals surface area contributed by atoms with Gasteiger partial charge in [-0.2, -0.15) is 0 Å². The molecule has 0 aliphatic heterocycles. The van der Waals surface area contributed by atoms with Gasteiger partial charge in [-0.1, -0.05) is 24.3 Å². The summed E-state index contributed by atoms with van der Waals surface area (Å²) in [6.45, 7) is 0. The molecular formula is C26H19BrF2N2O8. The Balaban J connectivity index is 0.000000268. The largest absolute Gasteiger partial charge is 0.505 e. The number of carbonyl (C=O) groups is 2. The van der Waals surface area contributed by atoms with E-state index in [0.29, 0.717) is 11.6 Å². The minimum absolute atomic E-state index is 0. The number of nitro benzene ring substituents is 1. The smallest absolute Gasteiger partial charge is 0.335 e. The van der Waals surface area contributed by atoms with Crippen molar-refractivity contribution in [1.82, 2.24) is 0 Å². The summed E-state index contributed by atoms with van der Waals surface area (Å²) >= 11 is 0. The van der Waals surface area contributed by atoms with E-state index in [4.69, 9.17) is 15.9 Å². The molecule has 202 valence electrons. The summed E-state index contributed by atoms with van der Waals surface area (Å²) in [5.74, 6) is -4.76. The number of anilines is 1. The van der Waals surface area contributed by atoms with Crippen molar-refractivity contribution in [2.75, 3.05) is 5.73 Å². The molecule has 0 aliphatic carbocycles. The van der Waals surface area contributed by atoms with E-state index >= 15 is 0 Å². The average molecular weight is 605 g/mol. The summed E-state index contributed by atoms with van der Waals surface area (Å²) in [4.78, 5) is 31.5. The van der Waals surface area contributed by atoms with Crippen LogP contribution in [0.1, 0.15) is 20.7 Å². The minimum Gasteiger partial charge on any atom is -0.505 e. The van der Waals surface area contributed by atoms with E-state index in [0.717, 1.165) is 18.2 Å². The normalized spacial score (nSPS) is 10.0. The minimum atomic E-state index is -1.20. The summed E-state index contributed by atoms with van der Waals surface area (Å²) in [7, 11) is 0. The van der Waals surface area contributed by atoms with Crippen LogP contribution in [-0.4, -0.2) is 37.3 Å². The van der Waals surface area contributed by atoms with Gasteiger partial charge in [0.25, 0.3) is 0 Å². The molecule has 0 amide bonds. The van der Waals surface area contributed by atoms with E-state index in [-0.39, 0.29) is 56.2 Å². The quantitative estimate of drug-likeness (QED) is 0.0804. The number of hydrogen-bond donors (Lipinski definition) is 5. The van der Waals surface area contributed by atoms with Gasteiger partial charge in [0, 0.05) is 17.2 Å². The van der Waals surface area contributed by atoms with Crippen LogP contribution in [0.3, 0.4) is 0 Å². The fourth-order valence-corrected chi connectivity index (χ4v) is 3.42. The van der Waals surface area contributed by atoms with Crippen LogP contribution in [0.4, 0.5) is 20.2 Å². The van der Waals surface area contributed by atoms with Crippen LogP contribution in [-0.2, 0) is 0 Å². The third kappa shape index (κ3) is 7.05. The number of carboxylic acid groups (broad SMARTS) is 2. The van der Waals surface area contributed by atoms with Gasteiger partial charge >= 0.3 is 17.6 Å². The molecule has 4 aromatic carbocycles. The first-order valence-electron chi connectivity index (χ1n) is 10.5. The van der Waals surface area contributed by atoms with Gasteiger partial charge in [-0.05, 0) is 47.5 Å². The number of nitrogens with two attached hydrogens (primary N) is 1. The highest BCUT2D eigenvalue weighted by molar-refractivity contribution is 8.93. The molecule has 0 saturated carbocycles. The van der Waals surface area contributed by atoms with Crippen molar-refractivity contribution in [3.05, 3.63) is 106 Å². The molecule has 0 bridgehead atoms. The Labute approximate surface area is 229 Å². The predicted octanol–water partition coefficient (Wildman–Crippen LogP) is 5.86. The zero-order valence-electron chi connectivity index (χ0n) is 19.5. The van der Waals surface area contributed by atoms with E-state index in [9.17, 15) is 38.7 Å². The number of nitro groups is 1. The summed E-state index contributed by atoms with van der Waals surface area (Å²) < 4.78 is 26.6. The zero-order chi connectivity index (χ0) is 28.1. The van der Waals surface area contributed by atoms with E-state index < -0.39 is 39.9 Å². The van der Waals surface area contributed by atoms with Crippen molar-refractivity contribution in [2.24, 2.45) is 0 Å². The predicted molar refractivity (Wildman–Crippen MR) is 142 cm³/mol. The van der Waals surface area contributed by atoms with Gasteiger partial charge in [-0.15, -0.1) is 17.0 Å². The van der Waals surface area contributed by atoms with Crippen LogP contribution in [0.15, 0.2) is 72.8 Å². The van der Waals surface area contributed by atoms with Crippen LogP contribution < -0.4 is 5.73 Å². The molecule has 0 aliphatic rings. The summed E-state index contributed by atoms with van der Waals surface area (Å²) in [5, 5.41) is 48.0. The third-order valence-corrected chi connectivity index (χ3v) is 5.20. The summed E-state index contributed by atoms with van der Waals surface area (Å²) in [6, 6.07) is 14.8. The first-order chi connectivity index (χ1) is 17.9. The number of benzene rings is 4. The SMILES string of the molecule is Br.Nc1cc(F)cc(-c2cccc(C(=O)O)c2)c1O.O=C(O)c1cccc(-c2cc(F)cc([N+](=O)[O-])c2O)c1. The van der Waals surface area contributed by atoms with Gasteiger partial charge in [0.05, 0.1) is 27.8 Å². The lowest BCUT2D eigenvalue weighted by molar-refractivity contribution is -0.386. The van der Waals surface area contributed by atoms with E-state index in [1.165, 1.54) is 42.5 Å². The molecule has 0 fully saturated rings. The van der Waals surface area contributed by atoms with Crippen molar-refractivity contribution in [3.63, 3.8) is 0 Å². The highest BCUT2D eigenvalue weighted by Crippen LogP contribution is 2.38. The standard InChI is InChI=1S/C13H8FNO5.C13H10FNO3.BrH/c14-9-5-10(12(16)11(6-9)15(19)20)7-2-1-3-8(4-7)13(17)18;14-9-5-10(12(16)11(15)6-9)7-2-1-3-8(4-7)13(17)18;/h1-6,16H,(H,17,18);1-6,16H,15H2,(H,17,18);1H. The number of aromatic hydroxyl groups is 2. The lowest BCUT2D eigenvalue weighted by Crippen LogP contribution is -1.97. The zero-order valence-corrected chi connectivity index (χ0v) is 21.3. The topological polar surface area (TPSA) is 184 Å². The lowest BCUT2D eigenvalue weighted by atomic mass is 10.0. The first-order valence-corrected chi connectivity index (χ1v) is 10.5. The van der Waals surface area contributed by atoms with Crippen molar-refractivity contribution in [3.8, 4) is 33.8 Å². The first kappa shape index (κ1) is 30.2. The van der Waals surface area contributed by atoms with Crippen LogP contribution in [0.25, 0.3) is 22.3 Å². The Morgan fingerprint density at radius 3 is 1.62 bits per heavy atom. The maximum atomic E-state index is 13.4. The molecule has 10 nitrogen and oxygen atoms in total. The second-order valence-corrected chi connectivity index (χ2v) is 7.74. The maximum absolute atomic E-state index is 13.4. The fraction of sp³-hybridized carbons (Fsp3) is 0. The van der Waals surface area contributed by atoms with Crippen molar-refractivity contribution >= 4 is 40.3 Å². The van der Waals surface area contributed by atoms with Crippen LogP contribution in [0.2, 0.25) is 0 Å². The summed E-state index contributed by atoms with van der Waals surface area (Å²) in [5.41, 5.74) is 5.14. The van der Waals surface area contributed by atoms with E-state index in [1.54, 1.807) is 6.07 Å². The van der Waals surface area contributed by atoms with Crippen LogP contribution in [0, 0.1) is 21.7 Å². The number of phenolic OH excluding ortho intramolecular Hbond substituents is 2. The van der Waals surface area contributed by atoms with Crippen molar-refractivity contribution in [2.45, 2.75) is 0 Å². The van der Waals surface area contributed by atoms with Gasteiger partial charge in [-0.3, -0.25) is 10.1 Å². The molecule has 4 rings (SSSR count). The Hall–Kier alpha value is -5.04. The molecule has 39 heavy (non-hydrogen) atoms. The highest BCUT2D eigenvalue weighted by atomic mass is 79.9. The Kier molecular flexibility index (Phi) is 9.65. The summed E-state index contributed by atoms with van der Waals surface area (Å²) in [6.07, 6.45) is 0. The lowest BCUT2D eigenvalue weighted by Gasteiger charge is -2.08. The van der Waals surface area contributed by atoms with Crippen molar-refractivity contribution < 1.29 is 43.7 Å². The van der Waals surface area contributed by atoms with Crippen LogP contribution in [0.5, 0.6) is 11.5 Å². The molecule has 0 aromatic heterocycles. The monoisotopic (exact) mass is 604 g/mol. The van der Waals surface area contributed by atoms with E-state index in [2.05, 4.69) is 0 Å². The number of carboxylic acids is 2. The Morgan fingerprint density at radius 2 is 1.18 bits per heavy atom. The van der Waals surface area contributed by atoms with E-state index in [1.807, 2.05) is 0 Å². The van der Waals surface area contributed by atoms with Crippen molar-refractivity contribution in [1.29, 1.82) is 0 Å². The third-order valence-electron chi connectivity index (χ3n) is 5.20. The number of halogens is 3. The number of hydrogen-bond acceptors (Lipinski definition) is 7. The number of rotatable bonds is 5. The molecule has 0 spiro atoms. The average Bonchev–Trinajstić information content (AvgIpc) is 2.87. The second-order valence-electron chi connectivity index (χ2n) is 7.74. The molecule has 4 aromatic rings. The molecule has 0 heterocycles. The van der Waals surface area contributed by atoms with Gasteiger partial charge in [0.2, 0.25) is 5.75 Å². The molecule has 0 atom stereocenters. The molecule has 0 saturated heterocycles. The number of nitrogen functional groups attached to an aromatic ring is 1. The maximum Gasteiger partial charge on any atom is 0.335 e. The fourth-order valence-electron chi connectivity index (χ4n) is 3.42. The Morgan fingerprint density at radius 1 is 0.744 bits per heavy atom. The molecule has 6 N–H and O–H groups in total. The number of nitrogens with zero attached hydrogens (tertiary/aromatic N) is 1. The number of phenols is 2. The van der Waals surface area contributed by atoms with Gasteiger partial charge in [0.1, 0.15) is 17.4 Å². The highest BCUT2D eigenvalue weighted by Gasteiger charge is 2.21. The Bertz CT molecular complexity index is 1580.